The number of rotatable bonds is 1. The molecule has 2 aliphatic rings. The van der Waals surface area contributed by atoms with Crippen LogP contribution in [0.5, 0.6) is 0 Å². The Balaban J connectivity index is 2.22. The fraction of sp³-hybridized carbons (Fsp3) is 0.778. The van der Waals surface area contributed by atoms with Crippen molar-refractivity contribution >= 4 is 0 Å². The van der Waals surface area contributed by atoms with Crippen LogP contribution in [0.25, 0.3) is 0 Å². The second-order valence-corrected chi connectivity index (χ2v) is 3.78. The number of fused-ring (bicyclic) bond motifs is 2. The van der Waals surface area contributed by atoms with Gasteiger partial charge in [0.1, 0.15) is 0 Å². The Morgan fingerprint density at radius 1 is 1.73 bits per heavy atom. The molecule has 0 aromatic rings. The van der Waals surface area contributed by atoms with Gasteiger partial charge in [-0.1, -0.05) is 0 Å². The van der Waals surface area contributed by atoms with Crippen LogP contribution in [-0.2, 0) is 0 Å². The minimum absolute atomic E-state index is 0.714. The van der Waals surface area contributed by atoms with Gasteiger partial charge in [0.05, 0.1) is 0 Å². The third-order valence-corrected chi connectivity index (χ3v) is 3.01. The third kappa shape index (κ3) is 1.06. The predicted octanol–water partition coefficient (Wildman–Crippen LogP) is 0.801. The Labute approximate surface area is 68.1 Å². The van der Waals surface area contributed by atoms with Crippen LogP contribution in [0.1, 0.15) is 12.8 Å². The molecule has 1 saturated carbocycles. The molecule has 1 fully saturated rings. The second kappa shape index (κ2) is 2.52. The van der Waals surface area contributed by atoms with Gasteiger partial charge in [0.2, 0.25) is 0 Å². The van der Waals surface area contributed by atoms with E-state index in [2.05, 4.69) is 18.1 Å². The SMILES string of the molecule is CN1C=C2CC[C@H](C1)C2CN. The van der Waals surface area contributed by atoms with Gasteiger partial charge in [-0.15, -0.1) is 0 Å². The van der Waals surface area contributed by atoms with Crippen molar-refractivity contribution in [1.82, 2.24) is 4.90 Å². The van der Waals surface area contributed by atoms with E-state index in [1.807, 2.05) is 0 Å². The maximum atomic E-state index is 5.71. The van der Waals surface area contributed by atoms with Gasteiger partial charge in [-0.2, -0.15) is 0 Å². The molecule has 2 bridgehead atoms. The molecule has 62 valence electrons. The van der Waals surface area contributed by atoms with Gasteiger partial charge in [0, 0.05) is 13.6 Å². The summed E-state index contributed by atoms with van der Waals surface area (Å²) in [6, 6.07) is 0. The molecule has 11 heavy (non-hydrogen) atoms. The zero-order chi connectivity index (χ0) is 7.84. The maximum absolute atomic E-state index is 5.71. The highest BCUT2D eigenvalue weighted by Gasteiger charge is 2.33. The van der Waals surface area contributed by atoms with E-state index in [0.29, 0.717) is 5.92 Å². The first kappa shape index (κ1) is 7.17. The van der Waals surface area contributed by atoms with E-state index in [1.54, 1.807) is 5.57 Å². The summed E-state index contributed by atoms with van der Waals surface area (Å²) in [5, 5.41) is 0. The van der Waals surface area contributed by atoms with Crippen LogP contribution < -0.4 is 5.73 Å². The number of hydrogen-bond donors (Lipinski definition) is 1. The highest BCUT2D eigenvalue weighted by atomic mass is 15.1. The Kier molecular flexibility index (Phi) is 1.64. The molecule has 0 aromatic heterocycles. The molecule has 0 spiro atoms. The van der Waals surface area contributed by atoms with Gasteiger partial charge < -0.3 is 10.6 Å². The van der Waals surface area contributed by atoms with Crippen LogP contribution in [0.3, 0.4) is 0 Å². The average molecular weight is 152 g/mol. The summed E-state index contributed by atoms with van der Waals surface area (Å²) < 4.78 is 0. The minimum Gasteiger partial charge on any atom is -0.380 e. The summed E-state index contributed by atoms with van der Waals surface area (Å²) in [7, 11) is 2.16. The van der Waals surface area contributed by atoms with E-state index >= 15 is 0 Å². The molecule has 0 aromatic carbocycles. The van der Waals surface area contributed by atoms with Gasteiger partial charge in [0.25, 0.3) is 0 Å². The number of nitrogens with zero attached hydrogens (tertiary/aromatic N) is 1. The lowest BCUT2D eigenvalue weighted by Gasteiger charge is -2.29. The molecular weight excluding hydrogens is 136 g/mol. The maximum Gasteiger partial charge on any atom is 0.0203 e. The lowest BCUT2D eigenvalue weighted by Crippen LogP contribution is -2.32. The summed E-state index contributed by atoms with van der Waals surface area (Å²) in [4.78, 5) is 2.30. The van der Waals surface area contributed by atoms with Crippen molar-refractivity contribution in [3.63, 3.8) is 0 Å². The van der Waals surface area contributed by atoms with Crippen LogP contribution in [0, 0.1) is 11.8 Å². The van der Waals surface area contributed by atoms with Gasteiger partial charge in [-0.25, -0.2) is 0 Å². The third-order valence-electron chi connectivity index (χ3n) is 3.01. The molecule has 1 unspecified atom stereocenters. The van der Waals surface area contributed by atoms with Gasteiger partial charge >= 0.3 is 0 Å². The summed E-state index contributed by atoms with van der Waals surface area (Å²) >= 11 is 0. The van der Waals surface area contributed by atoms with E-state index in [0.717, 1.165) is 12.5 Å². The molecule has 0 radical (unpaired) electrons. The first-order chi connectivity index (χ1) is 5.31. The van der Waals surface area contributed by atoms with Crippen LogP contribution in [-0.4, -0.2) is 25.0 Å². The van der Waals surface area contributed by atoms with Crippen molar-refractivity contribution in [2.24, 2.45) is 17.6 Å². The van der Waals surface area contributed by atoms with Crippen molar-refractivity contribution in [1.29, 1.82) is 0 Å². The topological polar surface area (TPSA) is 29.3 Å². The molecule has 0 saturated heterocycles. The summed E-state index contributed by atoms with van der Waals surface area (Å²) in [5.74, 6) is 1.57. The van der Waals surface area contributed by atoms with Gasteiger partial charge in [0.15, 0.2) is 0 Å². The molecule has 2 rings (SSSR count). The first-order valence-electron chi connectivity index (χ1n) is 4.42. The van der Waals surface area contributed by atoms with E-state index in [1.165, 1.54) is 19.4 Å². The van der Waals surface area contributed by atoms with E-state index in [9.17, 15) is 0 Å². The Hall–Kier alpha value is -0.500. The Morgan fingerprint density at radius 2 is 2.55 bits per heavy atom. The van der Waals surface area contributed by atoms with E-state index in [4.69, 9.17) is 5.73 Å². The van der Waals surface area contributed by atoms with Crippen molar-refractivity contribution in [2.45, 2.75) is 12.8 Å². The monoisotopic (exact) mass is 152 g/mol. The standard InChI is InChI=1S/C9H16N2/c1-11-5-7-2-3-8(6-11)9(7)4-10/h5,8-9H,2-4,6,10H2,1H3/t8-,9?/m1/s1. The lowest BCUT2D eigenvalue weighted by molar-refractivity contribution is 0.289. The summed E-state index contributed by atoms with van der Waals surface area (Å²) in [6.45, 7) is 2.07. The molecule has 1 aliphatic carbocycles. The highest BCUT2D eigenvalue weighted by Crippen LogP contribution is 2.39. The van der Waals surface area contributed by atoms with Crippen molar-refractivity contribution in [2.75, 3.05) is 20.1 Å². The van der Waals surface area contributed by atoms with Crippen molar-refractivity contribution < 1.29 is 0 Å². The summed E-state index contributed by atoms with van der Waals surface area (Å²) in [5.41, 5.74) is 7.30. The molecule has 1 heterocycles. The molecule has 0 amide bonds. The minimum atomic E-state index is 0.714. The van der Waals surface area contributed by atoms with Crippen molar-refractivity contribution in [3.05, 3.63) is 11.8 Å². The zero-order valence-corrected chi connectivity index (χ0v) is 7.09. The van der Waals surface area contributed by atoms with Crippen LogP contribution in [0.15, 0.2) is 11.8 Å². The van der Waals surface area contributed by atoms with Crippen molar-refractivity contribution in [3.8, 4) is 0 Å². The van der Waals surface area contributed by atoms with Crippen LogP contribution in [0.4, 0.5) is 0 Å². The molecular formula is C9H16N2. The second-order valence-electron chi connectivity index (χ2n) is 3.78. The van der Waals surface area contributed by atoms with Gasteiger partial charge in [-0.05, 0) is 43.0 Å². The molecule has 2 heteroatoms. The van der Waals surface area contributed by atoms with E-state index < -0.39 is 0 Å². The fourth-order valence-electron chi connectivity index (χ4n) is 2.47. The predicted molar refractivity (Wildman–Crippen MR) is 46.0 cm³/mol. The number of nitrogens with two attached hydrogens (primary N) is 1. The number of hydrogen-bond acceptors (Lipinski definition) is 2. The molecule has 2 N–H and O–H groups in total. The van der Waals surface area contributed by atoms with Crippen LogP contribution in [0.2, 0.25) is 0 Å². The smallest absolute Gasteiger partial charge is 0.0203 e. The normalized spacial score (nSPS) is 35.8. The van der Waals surface area contributed by atoms with Crippen LogP contribution >= 0.6 is 0 Å². The Bertz CT molecular complexity index is 186. The Morgan fingerprint density at radius 3 is 3.18 bits per heavy atom. The quantitative estimate of drug-likeness (QED) is 0.602. The lowest BCUT2D eigenvalue weighted by atomic mass is 9.91. The molecule has 2 nitrogen and oxygen atoms in total. The van der Waals surface area contributed by atoms with E-state index in [-0.39, 0.29) is 0 Å². The fourth-order valence-corrected chi connectivity index (χ4v) is 2.47. The van der Waals surface area contributed by atoms with Gasteiger partial charge in [-0.3, -0.25) is 0 Å². The molecule has 2 atom stereocenters. The first-order valence-corrected chi connectivity index (χ1v) is 4.42. The largest absolute Gasteiger partial charge is 0.380 e. The average Bonchev–Trinajstić information content (AvgIpc) is 2.23. The summed E-state index contributed by atoms with van der Waals surface area (Å²) in [6.07, 6.45) is 4.94. The highest BCUT2D eigenvalue weighted by molar-refractivity contribution is 5.17. The zero-order valence-electron chi connectivity index (χ0n) is 7.09. The molecule has 1 aliphatic heterocycles.